The zero-order valence-electron chi connectivity index (χ0n) is 15.4. The largest absolute Gasteiger partial charge is 0.497 e. The topological polar surface area (TPSA) is 89.1 Å². The highest BCUT2D eigenvalue weighted by Gasteiger charge is 2.10. The molecule has 2 aromatic carbocycles. The Balaban J connectivity index is 1.45. The Labute approximate surface area is 169 Å². The van der Waals surface area contributed by atoms with Gasteiger partial charge in [-0.25, -0.2) is 4.98 Å². The molecule has 0 fully saturated rings. The van der Waals surface area contributed by atoms with E-state index in [1.54, 1.807) is 19.2 Å². The second-order valence-corrected chi connectivity index (χ2v) is 6.73. The molecule has 1 aromatic heterocycles. The Morgan fingerprint density at radius 3 is 2.48 bits per heavy atom. The first-order valence-corrected chi connectivity index (χ1v) is 9.52. The van der Waals surface area contributed by atoms with Crippen molar-refractivity contribution in [3.05, 3.63) is 54.1 Å². The maximum Gasteiger partial charge on any atom is 0.387 e. The number of hydrogen-bond acceptors (Lipinski definition) is 6. The molecule has 10 heteroatoms. The van der Waals surface area contributed by atoms with Crippen LogP contribution in [0.4, 0.5) is 8.78 Å². The van der Waals surface area contributed by atoms with Gasteiger partial charge in [0.25, 0.3) is 0 Å². The SMILES string of the molecule is COc1ccc(-c2nc(SCC(=O)NCc3ccc(OC(F)F)cc3)n[nH]2)cc1. The van der Waals surface area contributed by atoms with Gasteiger partial charge in [-0.05, 0) is 42.0 Å². The molecule has 0 aliphatic rings. The maximum absolute atomic E-state index is 12.1. The number of methoxy groups -OCH3 is 1. The minimum absolute atomic E-state index is 0.0721. The zero-order valence-corrected chi connectivity index (χ0v) is 16.2. The van der Waals surface area contributed by atoms with Crippen molar-refractivity contribution in [2.45, 2.75) is 18.3 Å². The van der Waals surface area contributed by atoms with Gasteiger partial charge in [-0.15, -0.1) is 5.10 Å². The molecule has 29 heavy (non-hydrogen) atoms. The Morgan fingerprint density at radius 2 is 1.83 bits per heavy atom. The number of carbonyl (C=O) groups excluding carboxylic acids is 1. The van der Waals surface area contributed by atoms with Crippen LogP contribution in [0, 0.1) is 0 Å². The molecule has 3 rings (SSSR count). The molecule has 0 saturated carbocycles. The number of halogens is 2. The van der Waals surface area contributed by atoms with Gasteiger partial charge in [0.05, 0.1) is 12.9 Å². The van der Waals surface area contributed by atoms with Gasteiger partial charge in [0.15, 0.2) is 5.82 Å². The van der Waals surface area contributed by atoms with Gasteiger partial charge >= 0.3 is 6.61 Å². The van der Waals surface area contributed by atoms with Crippen molar-refractivity contribution >= 4 is 17.7 Å². The van der Waals surface area contributed by atoms with Crippen LogP contribution in [0.3, 0.4) is 0 Å². The number of aromatic nitrogens is 3. The van der Waals surface area contributed by atoms with Gasteiger partial charge in [0.1, 0.15) is 11.5 Å². The molecule has 0 atom stereocenters. The molecule has 0 aliphatic carbocycles. The van der Waals surface area contributed by atoms with E-state index >= 15 is 0 Å². The quantitative estimate of drug-likeness (QED) is 0.515. The number of H-pyrrole nitrogens is 1. The third kappa shape index (κ3) is 6.18. The number of rotatable bonds is 9. The fourth-order valence-electron chi connectivity index (χ4n) is 2.36. The van der Waals surface area contributed by atoms with Gasteiger partial charge in [-0.1, -0.05) is 23.9 Å². The first-order chi connectivity index (χ1) is 14.0. The van der Waals surface area contributed by atoms with Gasteiger partial charge in [0.2, 0.25) is 11.1 Å². The molecular formula is C19H18F2N4O3S. The molecule has 0 spiro atoms. The number of thioether (sulfide) groups is 1. The summed E-state index contributed by atoms with van der Waals surface area (Å²) in [7, 11) is 1.60. The number of nitrogens with one attached hydrogen (secondary N) is 2. The van der Waals surface area contributed by atoms with Crippen LogP contribution in [0.15, 0.2) is 53.7 Å². The van der Waals surface area contributed by atoms with Crippen LogP contribution in [0.2, 0.25) is 0 Å². The summed E-state index contributed by atoms with van der Waals surface area (Å²) in [5, 5.41) is 10.1. The van der Waals surface area contributed by atoms with E-state index in [4.69, 9.17) is 4.74 Å². The van der Waals surface area contributed by atoms with E-state index in [-0.39, 0.29) is 24.0 Å². The molecular weight excluding hydrogens is 402 g/mol. The summed E-state index contributed by atoms with van der Waals surface area (Å²) in [6, 6.07) is 13.4. The first-order valence-electron chi connectivity index (χ1n) is 8.53. The highest BCUT2D eigenvalue weighted by molar-refractivity contribution is 7.99. The maximum atomic E-state index is 12.1. The summed E-state index contributed by atoms with van der Waals surface area (Å²) in [5.74, 6) is 1.37. The predicted molar refractivity (Wildman–Crippen MR) is 104 cm³/mol. The second-order valence-electron chi connectivity index (χ2n) is 5.78. The number of hydrogen-bond donors (Lipinski definition) is 2. The second kappa shape index (κ2) is 9.87. The van der Waals surface area contributed by atoms with Crippen molar-refractivity contribution in [2.24, 2.45) is 0 Å². The zero-order chi connectivity index (χ0) is 20.6. The van der Waals surface area contributed by atoms with Gasteiger partial charge in [-0.2, -0.15) is 8.78 Å². The van der Waals surface area contributed by atoms with Crippen LogP contribution >= 0.6 is 11.8 Å². The Hall–Kier alpha value is -3.14. The summed E-state index contributed by atoms with van der Waals surface area (Å²) in [5.41, 5.74) is 1.62. The number of amides is 1. The van der Waals surface area contributed by atoms with Crippen LogP contribution in [-0.4, -0.2) is 40.6 Å². The Morgan fingerprint density at radius 1 is 1.14 bits per heavy atom. The monoisotopic (exact) mass is 420 g/mol. The average molecular weight is 420 g/mol. The molecule has 0 bridgehead atoms. The fraction of sp³-hybridized carbons (Fsp3) is 0.211. The van der Waals surface area contributed by atoms with E-state index < -0.39 is 6.61 Å². The van der Waals surface area contributed by atoms with E-state index in [1.165, 1.54) is 23.9 Å². The average Bonchev–Trinajstić information content (AvgIpc) is 3.20. The van der Waals surface area contributed by atoms with Gasteiger partial charge in [-0.3, -0.25) is 9.89 Å². The van der Waals surface area contributed by atoms with Crippen molar-refractivity contribution < 1.29 is 23.0 Å². The van der Waals surface area contributed by atoms with Crippen molar-refractivity contribution in [3.8, 4) is 22.9 Å². The third-order valence-electron chi connectivity index (χ3n) is 3.80. The molecule has 0 radical (unpaired) electrons. The lowest BCUT2D eigenvalue weighted by Gasteiger charge is -2.07. The number of aromatic amines is 1. The lowest BCUT2D eigenvalue weighted by Crippen LogP contribution is -2.24. The molecule has 0 saturated heterocycles. The molecule has 152 valence electrons. The van der Waals surface area contributed by atoms with Crippen molar-refractivity contribution in [2.75, 3.05) is 12.9 Å². The predicted octanol–water partition coefficient (Wildman–Crippen LogP) is 3.49. The number of nitrogens with zero attached hydrogens (tertiary/aromatic N) is 2. The summed E-state index contributed by atoms with van der Waals surface area (Å²) >= 11 is 1.20. The summed E-state index contributed by atoms with van der Waals surface area (Å²) < 4.78 is 33.7. The van der Waals surface area contributed by atoms with Crippen LogP contribution in [0.25, 0.3) is 11.4 Å². The fourth-order valence-corrected chi connectivity index (χ4v) is 2.99. The van der Waals surface area contributed by atoms with E-state index in [0.717, 1.165) is 16.9 Å². The normalized spacial score (nSPS) is 10.8. The standard InChI is InChI=1S/C19H18F2N4O3S/c1-27-14-8-4-13(5-9-14)17-23-19(25-24-17)29-11-16(26)22-10-12-2-6-15(7-3-12)28-18(20)21/h2-9,18H,10-11H2,1H3,(H,22,26)(H,23,24,25). The minimum Gasteiger partial charge on any atom is -0.497 e. The third-order valence-corrected chi connectivity index (χ3v) is 4.65. The van der Waals surface area contributed by atoms with E-state index in [2.05, 4.69) is 25.2 Å². The summed E-state index contributed by atoms with van der Waals surface area (Å²) in [6.07, 6.45) is 0. The van der Waals surface area contributed by atoms with Crippen LogP contribution in [-0.2, 0) is 11.3 Å². The van der Waals surface area contributed by atoms with Crippen molar-refractivity contribution in [1.29, 1.82) is 0 Å². The number of carbonyl (C=O) groups is 1. The van der Waals surface area contributed by atoms with Gasteiger partial charge < -0.3 is 14.8 Å². The number of ether oxygens (including phenoxy) is 2. The van der Waals surface area contributed by atoms with Crippen molar-refractivity contribution in [3.63, 3.8) is 0 Å². The Bertz CT molecular complexity index is 933. The summed E-state index contributed by atoms with van der Waals surface area (Å²) in [6.45, 7) is -2.59. The summed E-state index contributed by atoms with van der Waals surface area (Å²) in [4.78, 5) is 16.4. The van der Waals surface area contributed by atoms with Gasteiger partial charge in [0, 0.05) is 12.1 Å². The lowest BCUT2D eigenvalue weighted by molar-refractivity contribution is -0.118. The molecule has 3 aromatic rings. The molecule has 0 unspecified atom stereocenters. The van der Waals surface area contributed by atoms with E-state index in [0.29, 0.717) is 11.0 Å². The molecule has 2 N–H and O–H groups in total. The lowest BCUT2D eigenvalue weighted by atomic mass is 10.2. The highest BCUT2D eigenvalue weighted by atomic mass is 32.2. The minimum atomic E-state index is -2.86. The van der Waals surface area contributed by atoms with Crippen LogP contribution in [0.1, 0.15) is 5.56 Å². The van der Waals surface area contributed by atoms with Crippen LogP contribution < -0.4 is 14.8 Å². The molecule has 1 heterocycles. The highest BCUT2D eigenvalue weighted by Crippen LogP contribution is 2.21. The number of alkyl halides is 2. The van der Waals surface area contributed by atoms with E-state index in [1.807, 2.05) is 24.3 Å². The smallest absolute Gasteiger partial charge is 0.387 e. The molecule has 0 aliphatic heterocycles. The Kier molecular flexibility index (Phi) is 7.01. The first kappa shape index (κ1) is 20.6. The van der Waals surface area contributed by atoms with Crippen molar-refractivity contribution in [1.82, 2.24) is 20.5 Å². The number of benzene rings is 2. The molecule has 1 amide bonds. The van der Waals surface area contributed by atoms with Crippen LogP contribution in [0.5, 0.6) is 11.5 Å². The van der Waals surface area contributed by atoms with E-state index in [9.17, 15) is 13.6 Å². The molecule has 7 nitrogen and oxygen atoms in total.